The predicted molar refractivity (Wildman–Crippen MR) is 133 cm³/mol. The van der Waals surface area contributed by atoms with Crippen LogP contribution < -0.4 is 10.6 Å². The van der Waals surface area contributed by atoms with E-state index < -0.39 is 24.0 Å². The van der Waals surface area contributed by atoms with E-state index in [9.17, 15) is 19.5 Å². The second-order valence-electron chi connectivity index (χ2n) is 10.1. The lowest BCUT2D eigenvalue weighted by molar-refractivity contribution is -0.138. The predicted octanol–water partition coefficient (Wildman–Crippen LogP) is 4.56. The van der Waals surface area contributed by atoms with E-state index in [4.69, 9.17) is 4.74 Å². The van der Waals surface area contributed by atoms with Crippen molar-refractivity contribution in [1.82, 2.24) is 10.6 Å². The van der Waals surface area contributed by atoms with E-state index in [1.165, 1.54) is 0 Å². The summed E-state index contributed by atoms with van der Waals surface area (Å²) in [5.74, 6) is -1.54. The highest BCUT2D eigenvalue weighted by atomic mass is 16.5. The van der Waals surface area contributed by atoms with Crippen LogP contribution in [-0.2, 0) is 14.3 Å². The van der Waals surface area contributed by atoms with Crippen LogP contribution in [0.3, 0.4) is 0 Å². The molecule has 0 saturated heterocycles. The Labute approximate surface area is 206 Å². The summed E-state index contributed by atoms with van der Waals surface area (Å²) in [6.45, 7) is 5.83. The van der Waals surface area contributed by atoms with Crippen LogP contribution in [0.15, 0.2) is 48.5 Å². The number of nitrogens with one attached hydrogen (secondary N) is 2. The molecule has 3 atom stereocenters. The van der Waals surface area contributed by atoms with Gasteiger partial charge in [-0.2, -0.15) is 0 Å². The van der Waals surface area contributed by atoms with Crippen molar-refractivity contribution in [2.75, 3.05) is 6.61 Å². The average Bonchev–Trinajstić information content (AvgIpc) is 3.60. The van der Waals surface area contributed by atoms with Gasteiger partial charge in [0.25, 0.3) is 0 Å². The molecule has 0 radical (unpaired) electrons. The van der Waals surface area contributed by atoms with Gasteiger partial charge in [0.15, 0.2) is 0 Å². The van der Waals surface area contributed by atoms with Crippen LogP contribution in [0.2, 0.25) is 0 Å². The van der Waals surface area contributed by atoms with Crippen LogP contribution in [0.1, 0.15) is 57.1 Å². The highest BCUT2D eigenvalue weighted by Crippen LogP contribution is 2.44. The topological polar surface area (TPSA) is 105 Å². The first-order valence-electron chi connectivity index (χ1n) is 12.4. The molecule has 7 nitrogen and oxygen atoms in total. The number of aliphatic carboxylic acids is 1. The highest BCUT2D eigenvalue weighted by Gasteiger charge is 2.37. The first-order chi connectivity index (χ1) is 16.8. The first-order valence-corrected chi connectivity index (χ1v) is 12.4. The fraction of sp³-hybridized carbons (Fsp3) is 0.464. The van der Waals surface area contributed by atoms with Gasteiger partial charge in [-0.15, -0.1) is 0 Å². The Kier molecular flexibility index (Phi) is 7.43. The molecule has 2 amide bonds. The normalized spacial score (nSPS) is 17.1. The molecule has 7 heteroatoms. The molecule has 2 aromatic carbocycles. The van der Waals surface area contributed by atoms with Gasteiger partial charge in [0.05, 0.1) is 12.3 Å². The fourth-order valence-electron chi connectivity index (χ4n) is 5.32. The Bertz CT molecular complexity index is 1050. The summed E-state index contributed by atoms with van der Waals surface area (Å²) in [5.41, 5.74) is 4.60. The van der Waals surface area contributed by atoms with E-state index in [0.29, 0.717) is 0 Å². The molecule has 0 aromatic heterocycles. The molecule has 2 aliphatic rings. The summed E-state index contributed by atoms with van der Waals surface area (Å²) in [6, 6.07) is 15.5. The molecular weight excluding hydrogens is 444 g/mol. The summed E-state index contributed by atoms with van der Waals surface area (Å²) in [6.07, 6.45) is 1.20. The van der Waals surface area contributed by atoms with Crippen molar-refractivity contribution in [2.45, 2.75) is 58.0 Å². The van der Waals surface area contributed by atoms with Gasteiger partial charge >= 0.3 is 12.1 Å². The Morgan fingerprint density at radius 1 is 0.943 bits per heavy atom. The Hall–Kier alpha value is -3.35. The Balaban J connectivity index is 1.37. The van der Waals surface area contributed by atoms with Crippen molar-refractivity contribution in [1.29, 1.82) is 0 Å². The molecule has 186 valence electrons. The number of ether oxygens (including phenoxy) is 1. The molecule has 4 rings (SSSR count). The van der Waals surface area contributed by atoms with E-state index >= 15 is 0 Å². The SMILES string of the molecule is CC(C)C(C(=O)NC(CC(=O)O)C1CC1)C(C)NC(=O)OCC1c2ccccc2-c2ccccc21. The van der Waals surface area contributed by atoms with E-state index in [1.54, 1.807) is 6.92 Å². The molecule has 1 fully saturated rings. The summed E-state index contributed by atoms with van der Waals surface area (Å²) in [5, 5.41) is 15.0. The van der Waals surface area contributed by atoms with Gasteiger partial charge in [-0.3, -0.25) is 9.59 Å². The molecule has 35 heavy (non-hydrogen) atoms. The van der Waals surface area contributed by atoms with Crippen molar-refractivity contribution in [3.8, 4) is 11.1 Å². The lowest BCUT2D eigenvalue weighted by Crippen LogP contribution is -2.50. The maximum absolute atomic E-state index is 13.1. The van der Waals surface area contributed by atoms with Gasteiger partial charge in [-0.25, -0.2) is 4.79 Å². The summed E-state index contributed by atoms with van der Waals surface area (Å²) in [4.78, 5) is 37.0. The van der Waals surface area contributed by atoms with Crippen LogP contribution in [0.4, 0.5) is 4.79 Å². The van der Waals surface area contributed by atoms with Gasteiger partial charge in [0, 0.05) is 18.0 Å². The van der Waals surface area contributed by atoms with Crippen molar-refractivity contribution in [3.05, 3.63) is 59.7 Å². The van der Waals surface area contributed by atoms with E-state index in [1.807, 2.05) is 38.1 Å². The number of carbonyl (C=O) groups excluding carboxylic acids is 2. The van der Waals surface area contributed by atoms with Gasteiger partial charge in [-0.05, 0) is 53.9 Å². The van der Waals surface area contributed by atoms with Crippen molar-refractivity contribution in [2.24, 2.45) is 17.8 Å². The Morgan fingerprint density at radius 3 is 2.03 bits per heavy atom. The van der Waals surface area contributed by atoms with Gasteiger partial charge in [0.1, 0.15) is 6.61 Å². The van der Waals surface area contributed by atoms with E-state index in [2.05, 4.69) is 34.9 Å². The number of carboxylic acids is 1. The van der Waals surface area contributed by atoms with Crippen LogP contribution in [0.5, 0.6) is 0 Å². The second kappa shape index (κ2) is 10.5. The number of carbonyl (C=O) groups is 3. The van der Waals surface area contributed by atoms with Crippen LogP contribution in [-0.4, -0.2) is 41.8 Å². The van der Waals surface area contributed by atoms with Crippen LogP contribution in [0, 0.1) is 17.8 Å². The number of rotatable bonds is 10. The number of carboxylic acid groups (broad SMARTS) is 1. The molecule has 3 N–H and O–H groups in total. The van der Waals surface area contributed by atoms with Gasteiger partial charge < -0.3 is 20.5 Å². The third kappa shape index (κ3) is 5.66. The molecule has 2 aliphatic carbocycles. The zero-order valence-corrected chi connectivity index (χ0v) is 20.5. The number of amides is 2. The summed E-state index contributed by atoms with van der Waals surface area (Å²) < 4.78 is 5.64. The molecule has 1 saturated carbocycles. The molecule has 0 bridgehead atoms. The number of hydrogen-bond acceptors (Lipinski definition) is 4. The maximum atomic E-state index is 13.1. The number of fused-ring (bicyclic) bond motifs is 3. The second-order valence-corrected chi connectivity index (χ2v) is 10.1. The molecular formula is C28H34N2O5. The molecule has 3 unspecified atom stereocenters. The molecule has 0 spiro atoms. The number of alkyl carbamates (subject to hydrolysis) is 1. The average molecular weight is 479 g/mol. The molecule has 0 heterocycles. The molecule has 0 aliphatic heterocycles. The number of hydrogen-bond donors (Lipinski definition) is 3. The zero-order valence-electron chi connectivity index (χ0n) is 20.5. The maximum Gasteiger partial charge on any atom is 0.407 e. The Morgan fingerprint density at radius 2 is 1.51 bits per heavy atom. The number of benzene rings is 2. The summed E-state index contributed by atoms with van der Waals surface area (Å²) in [7, 11) is 0. The standard InChI is InChI=1S/C28H34N2O5/c1-16(2)26(27(33)30-24(14-25(31)32)18-12-13-18)17(3)29-28(34)35-15-23-21-10-6-4-8-19(21)20-9-5-7-11-22(20)23/h4-11,16-18,23-24,26H,12-15H2,1-3H3,(H,29,34)(H,30,33)(H,31,32). The minimum absolute atomic E-state index is 0.0389. The van der Waals surface area contributed by atoms with Crippen LogP contribution in [0.25, 0.3) is 11.1 Å². The third-order valence-corrected chi connectivity index (χ3v) is 7.16. The van der Waals surface area contributed by atoms with E-state index in [-0.39, 0.29) is 42.7 Å². The van der Waals surface area contributed by atoms with Gasteiger partial charge in [-0.1, -0.05) is 62.4 Å². The lowest BCUT2D eigenvalue weighted by atomic mass is 9.88. The van der Waals surface area contributed by atoms with Crippen molar-refractivity contribution < 1.29 is 24.2 Å². The smallest absolute Gasteiger partial charge is 0.407 e. The highest BCUT2D eigenvalue weighted by molar-refractivity contribution is 5.82. The molecule has 2 aromatic rings. The zero-order chi connectivity index (χ0) is 25.1. The van der Waals surface area contributed by atoms with E-state index in [0.717, 1.165) is 35.1 Å². The largest absolute Gasteiger partial charge is 0.481 e. The quantitative estimate of drug-likeness (QED) is 0.465. The van der Waals surface area contributed by atoms with Gasteiger partial charge in [0.2, 0.25) is 5.91 Å². The monoisotopic (exact) mass is 478 g/mol. The fourth-order valence-corrected chi connectivity index (χ4v) is 5.32. The van der Waals surface area contributed by atoms with Crippen molar-refractivity contribution >= 4 is 18.0 Å². The third-order valence-electron chi connectivity index (χ3n) is 7.16. The first kappa shape index (κ1) is 24.8. The van der Waals surface area contributed by atoms with Crippen molar-refractivity contribution in [3.63, 3.8) is 0 Å². The lowest BCUT2D eigenvalue weighted by Gasteiger charge is -2.29. The van der Waals surface area contributed by atoms with Crippen LogP contribution >= 0.6 is 0 Å². The minimum atomic E-state index is -0.923. The summed E-state index contributed by atoms with van der Waals surface area (Å²) >= 11 is 0. The minimum Gasteiger partial charge on any atom is -0.481 e.